The van der Waals surface area contributed by atoms with Crippen LogP contribution in [-0.4, -0.2) is 92.5 Å². The van der Waals surface area contributed by atoms with Crippen molar-refractivity contribution in [2.24, 2.45) is 0 Å². The molecule has 2 amide bonds. The van der Waals surface area contributed by atoms with Gasteiger partial charge in [-0.15, -0.1) is 11.8 Å². The number of nitrogens with zero attached hydrogens (tertiary/aromatic N) is 1. The summed E-state index contributed by atoms with van der Waals surface area (Å²) in [6, 6.07) is 14.3. The summed E-state index contributed by atoms with van der Waals surface area (Å²) >= 11 is 8.28. The molecule has 5 rings (SSSR count). The van der Waals surface area contributed by atoms with E-state index in [1.54, 1.807) is 11.8 Å². The largest absolute Gasteiger partial charge is 0.490 e. The van der Waals surface area contributed by atoms with Crippen LogP contribution in [0.3, 0.4) is 0 Å². The Morgan fingerprint density at radius 1 is 1.02 bits per heavy atom. The van der Waals surface area contributed by atoms with E-state index in [0.717, 1.165) is 70.8 Å². The fourth-order valence-electron chi connectivity index (χ4n) is 5.37. The molecule has 2 aliphatic rings. The van der Waals surface area contributed by atoms with Crippen LogP contribution in [0.2, 0.25) is 5.02 Å². The number of aliphatic hydroxyl groups is 5. The van der Waals surface area contributed by atoms with E-state index in [1.165, 1.54) is 0 Å². The molecular formula is C35H44ClN3O8S. The van der Waals surface area contributed by atoms with E-state index in [0.29, 0.717) is 30.7 Å². The number of aromatic nitrogens is 1. The molecule has 2 fully saturated rings. The minimum Gasteiger partial charge on any atom is -0.490 e. The lowest BCUT2D eigenvalue weighted by atomic mass is 9.96. The highest BCUT2D eigenvalue weighted by Crippen LogP contribution is 2.53. The zero-order valence-corrected chi connectivity index (χ0v) is 28.2. The molecule has 7 N–H and O–H groups in total. The number of carbonyl (C=O) groups is 1. The van der Waals surface area contributed by atoms with Gasteiger partial charge < -0.3 is 45.6 Å². The average molecular weight is 702 g/mol. The van der Waals surface area contributed by atoms with Crippen molar-refractivity contribution in [3.05, 3.63) is 77.1 Å². The minimum absolute atomic E-state index is 0.293. The number of para-hydroxylation sites is 1. The van der Waals surface area contributed by atoms with Crippen LogP contribution in [0.25, 0.3) is 11.1 Å². The van der Waals surface area contributed by atoms with Crippen molar-refractivity contribution < 1.29 is 39.8 Å². The van der Waals surface area contributed by atoms with Crippen molar-refractivity contribution in [1.29, 1.82) is 0 Å². The molecule has 4 atom stereocenters. The van der Waals surface area contributed by atoms with E-state index >= 15 is 0 Å². The molecule has 2 aliphatic carbocycles. The van der Waals surface area contributed by atoms with Crippen LogP contribution in [0, 0.1) is 0 Å². The van der Waals surface area contributed by atoms with Crippen LogP contribution in [0.15, 0.2) is 65.8 Å². The summed E-state index contributed by atoms with van der Waals surface area (Å²) in [6.45, 7) is -0.714. The molecular weight excluding hydrogens is 658 g/mol. The van der Waals surface area contributed by atoms with Crippen LogP contribution in [-0.2, 0) is 16.9 Å². The number of benzene rings is 2. The van der Waals surface area contributed by atoms with Crippen LogP contribution >= 0.6 is 23.4 Å². The van der Waals surface area contributed by atoms with Gasteiger partial charge in [-0.05, 0) is 85.7 Å². The Hall–Kier alpha value is -2.94. The Labute approximate surface area is 289 Å². The van der Waals surface area contributed by atoms with Gasteiger partial charge in [0.1, 0.15) is 24.1 Å². The molecule has 2 aromatic carbocycles. The van der Waals surface area contributed by atoms with Crippen LogP contribution in [0.5, 0.6) is 5.75 Å². The number of hydrogen-bond acceptors (Lipinski definition) is 10. The minimum atomic E-state index is -1.73. The second-order valence-electron chi connectivity index (χ2n) is 12.2. The van der Waals surface area contributed by atoms with E-state index < -0.39 is 49.2 Å². The maximum atomic E-state index is 12.2. The molecule has 11 nitrogen and oxygen atoms in total. The number of unbranched alkanes of at least 4 members (excludes halogenated alkanes) is 1. The van der Waals surface area contributed by atoms with Crippen molar-refractivity contribution >= 4 is 29.4 Å². The Kier molecular flexibility index (Phi) is 13.0. The van der Waals surface area contributed by atoms with E-state index in [-0.39, 0.29) is 0 Å². The van der Waals surface area contributed by atoms with E-state index in [9.17, 15) is 25.2 Å². The molecule has 4 unspecified atom stereocenters. The summed E-state index contributed by atoms with van der Waals surface area (Å²) in [5.41, 5.74) is 3.65. The molecule has 0 spiro atoms. The standard InChI is InChI=1S/C35H44ClN3O8S/c36-28-10-9-24(48-16-4-3-14-38-34(45)39-29(19-40)32(43)33(44)30(42)20-41)17-22(28)21-46-35(12-13-35)27-18-37-15-11-25(27)26-5-1-2-6-31(26)47-23-7-8-23/h1-2,5-6,9-11,15,17-18,23,29-30,32-33,40-44H,3-4,7-8,12-14,16,19-21H2,(H2,38,39,45). The Morgan fingerprint density at radius 3 is 2.54 bits per heavy atom. The number of thioether (sulfide) groups is 1. The van der Waals surface area contributed by atoms with Gasteiger partial charge in [0.25, 0.3) is 0 Å². The molecule has 0 aliphatic heterocycles. The number of carbonyl (C=O) groups excluding carboxylic acids is 1. The van der Waals surface area contributed by atoms with Crippen LogP contribution in [0.4, 0.5) is 4.79 Å². The monoisotopic (exact) mass is 701 g/mol. The first-order chi connectivity index (χ1) is 23.2. The SMILES string of the molecule is O=C(NCCCCSc1ccc(Cl)c(COC2(c3cnccc3-c3ccccc3OC3CC3)CC2)c1)NC(CO)C(O)C(O)C(O)CO. The summed E-state index contributed by atoms with van der Waals surface area (Å²) in [4.78, 5) is 17.7. The van der Waals surface area contributed by atoms with Gasteiger partial charge in [-0.2, -0.15) is 0 Å². The van der Waals surface area contributed by atoms with Crippen molar-refractivity contribution in [2.75, 3.05) is 25.5 Å². The van der Waals surface area contributed by atoms with Gasteiger partial charge in [0, 0.05) is 40.0 Å². The van der Waals surface area contributed by atoms with Crippen molar-refractivity contribution in [2.45, 2.75) is 86.1 Å². The lowest BCUT2D eigenvalue weighted by molar-refractivity contribution is -0.0902. The molecule has 1 aromatic heterocycles. The van der Waals surface area contributed by atoms with Gasteiger partial charge in [-0.3, -0.25) is 4.98 Å². The van der Waals surface area contributed by atoms with Gasteiger partial charge in [0.15, 0.2) is 0 Å². The number of halogens is 1. The third-order valence-corrected chi connectivity index (χ3v) is 9.96. The van der Waals surface area contributed by atoms with Crippen LogP contribution in [0.1, 0.15) is 49.7 Å². The van der Waals surface area contributed by atoms with Gasteiger partial charge in [0.05, 0.1) is 37.6 Å². The first-order valence-electron chi connectivity index (χ1n) is 16.3. The number of pyridine rings is 1. The second-order valence-corrected chi connectivity index (χ2v) is 13.8. The van der Waals surface area contributed by atoms with Gasteiger partial charge in [-0.1, -0.05) is 29.8 Å². The molecule has 260 valence electrons. The first-order valence-corrected chi connectivity index (χ1v) is 17.7. The number of amides is 2. The van der Waals surface area contributed by atoms with E-state index in [1.807, 2.05) is 48.8 Å². The predicted octanol–water partition coefficient (Wildman–Crippen LogP) is 3.76. The molecule has 3 aromatic rings. The van der Waals surface area contributed by atoms with Crippen molar-refractivity contribution in [1.82, 2.24) is 15.6 Å². The van der Waals surface area contributed by atoms with E-state index in [4.69, 9.17) is 26.2 Å². The molecule has 0 radical (unpaired) electrons. The average Bonchev–Trinajstić information content (AvgIpc) is 4.05. The summed E-state index contributed by atoms with van der Waals surface area (Å²) in [5.74, 6) is 1.69. The summed E-state index contributed by atoms with van der Waals surface area (Å²) < 4.78 is 12.8. The Bertz CT molecular complexity index is 1510. The van der Waals surface area contributed by atoms with Gasteiger partial charge in [0.2, 0.25) is 0 Å². The summed E-state index contributed by atoms with van der Waals surface area (Å²) in [6.07, 6.45) is 4.49. The molecule has 13 heteroatoms. The molecule has 0 saturated heterocycles. The Morgan fingerprint density at radius 2 is 1.81 bits per heavy atom. The normalized spacial score (nSPS) is 17.6. The summed E-state index contributed by atoms with van der Waals surface area (Å²) in [7, 11) is 0. The zero-order chi connectivity index (χ0) is 34.1. The maximum absolute atomic E-state index is 12.2. The van der Waals surface area contributed by atoms with Crippen molar-refractivity contribution in [3.8, 4) is 16.9 Å². The lowest BCUT2D eigenvalue weighted by Crippen LogP contribution is -2.56. The topological polar surface area (TPSA) is 174 Å². The zero-order valence-electron chi connectivity index (χ0n) is 26.6. The third-order valence-electron chi connectivity index (χ3n) is 8.51. The number of urea groups is 1. The van der Waals surface area contributed by atoms with Crippen LogP contribution < -0.4 is 15.4 Å². The lowest BCUT2D eigenvalue weighted by Gasteiger charge is -2.28. The Balaban J connectivity index is 1.09. The third kappa shape index (κ3) is 9.60. The molecule has 48 heavy (non-hydrogen) atoms. The smallest absolute Gasteiger partial charge is 0.315 e. The van der Waals surface area contributed by atoms with Crippen molar-refractivity contribution in [3.63, 3.8) is 0 Å². The summed E-state index contributed by atoms with van der Waals surface area (Å²) in [5, 5.41) is 53.5. The van der Waals surface area contributed by atoms with Gasteiger partial charge >= 0.3 is 6.03 Å². The second kappa shape index (κ2) is 17.1. The fraction of sp³-hybridized carbons (Fsp3) is 0.486. The maximum Gasteiger partial charge on any atom is 0.315 e. The highest BCUT2D eigenvalue weighted by molar-refractivity contribution is 7.99. The van der Waals surface area contributed by atoms with Gasteiger partial charge in [-0.25, -0.2) is 4.79 Å². The highest BCUT2D eigenvalue weighted by atomic mass is 35.5. The molecule has 2 saturated carbocycles. The highest BCUT2D eigenvalue weighted by Gasteiger charge is 2.48. The quantitative estimate of drug-likeness (QED) is 0.0721. The number of hydrogen-bond donors (Lipinski definition) is 7. The number of rotatable bonds is 19. The first kappa shape index (κ1) is 36.3. The number of nitrogens with one attached hydrogen (secondary N) is 2. The fourth-order valence-corrected chi connectivity index (χ4v) is 6.52. The number of aliphatic hydroxyl groups excluding tert-OH is 5. The molecule has 0 bridgehead atoms. The molecule has 1 heterocycles. The number of ether oxygens (including phenoxy) is 2. The predicted molar refractivity (Wildman–Crippen MR) is 183 cm³/mol. The van der Waals surface area contributed by atoms with E-state index in [2.05, 4.69) is 27.8 Å².